The second-order valence-corrected chi connectivity index (χ2v) is 8.75. The smallest absolute Gasteiger partial charge is 0.265 e. The summed E-state index contributed by atoms with van der Waals surface area (Å²) in [7, 11) is 0. The number of hydrogen-bond donors (Lipinski definition) is 0. The quantitative estimate of drug-likeness (QED) is 0.641. The molecule has 2 saturated heterocycles. The van der Waals surface area contributed by atoms with E-state index in [2.05, 4.69) is 9.97 Å². The number of carbonyl (C=O) groups is 2. The summed E-state index contributed by atoms with van der Waals surface area (Å²) in [6, 6.07) is 7.82. The molecule has 0 radical (unpaired) electrons. The molecule has 30 heavy (non-hydrogen) atoms. The molecule has 1 spiro atoms. The molecule has 3 aromatic rings. The van der Waals surface area contributed by atoms with E-state index in [4.69, 9.17) is 4.74 Å². The Balaban J connectivity index is 1.23. The van der Waals surface area contributed by atoms with Crippen molar-refractivity contribution in [3.63, 3.8) is 0 Å². The zero-order valence-corrected chi connectivity index (χ0v) is 17.4. The number of imidazole rings is 1. The van der Waals surface area contributed by atoms with Crippen LogP contribution in [-0.2, 0) is 16.1 Å². The Labute approximate surface area is 178 Å². The highest BCUT2D eigenvalue weighted by molar-refractivity contribution is 7.11. The molecule has 2 aromatic heterocycles. The number of amides is 2. The molecule has 0 atom stereocenters. The Hall–Kier alpha value is -2.78. The topological polar surface area (TPSA) is 80.6 Å². The van der Waals surface area contributed by atoms with Gasteiger partial charge in [-0.3, -0.25) is 14.6 Å². The summed E-state index contributed by atoms with van der Waals surface area (Å²) in [6.07, 6.45) is 4.81. The molecule has 2 aliphatic heterocycles. The second-order valence-electron chi connectivity index (χ2n) is 7.87. The highest BCUT2D eigenvalue weighted by Crippen LogP contribution is 2.31. The summed E-state index contributed by atoms with van der Waals surface area (Å²) in [4.78, 5) is 38.4. The van der Waals surface area contributed by atoms with Crippen molar-refractivity contribution >= 4 is 34.2 Å². The van der Waals surface area contributed by atoms with E-state index in [1.54, 1.807) is 18.0 Å². The lowest BCUT2D eigenvalue weighted by Gasteiger charge is -2.47. The molecule has 0 bridgehead atoms. The third-order valence-electron chi connectivity index (χ3n) is 6.04. The van der Waals surface area contributed by atoms with Crippen LogP contribution in [0.5, 0.6) is 0 Å². The van der Waals surface area contributed by atoms with Crippen LogP contribution >= 0.6 is 11.3 Å². The van der Waals surface area contributed by atoms with Crippen LogP contribution in [0.1, 0.15) is 22.5 Å². The van der Waals surface area contributed by atoms with Gasteiger partial charge in [0, 0.05) is 26.2 Å². The maximum Gasteiger partial charge on any atom is 0.265 e. The SMILES string of the molecule is O=C(Cn1cnc2ccccc21)N1CCOC2(CCN(C(=O)c3cncs3)CC2)C1. The summed E-state index contributed by atoms with van der Waals surface area (Å²) in [5.74, 6) is 0.104. The fourth-order valence-electron chi connectivity index (χ4n) is 4.34. The third kappa shape index (κ3) is 3.59. The van der Waals surface area contributed by atoms with Crippen molar-refractivity contribution in [1.82, 2.24) is 24.3 Å². The molecule has 5 rings (SSSR count). The van der Waals surface area contributed by atoms with Gasteiger partial charge in [0.1, 0.15) is 11.4 Å². The number of fused-ring (bicyclic) bond motifs is 1. The van der Waals surface area contributed by atoms with E-state index >= 15 is 0 Å². The maximum atomic E-state index is 13.0. The van der Waals surface area contributed by atoms with Crippen LogP contribution < -0.4 is 0 Å². The monoisotopic (exact) mass is 425 g/mol. The fourth-order valence-corrected chi connectivity index (χ4v) is 4.92. The van der Waals surface area contributed by atoms with Crippen LogP contribution in [0.3, 0.4) is 0 Å². The van der Waals surface area contributed by atoms with Crippen molar-refractivity contribution in [1.29, 1.82) is 0 Å². The first-order valence-electron chi connectivity index (χ1n) is 10.1. The number of carbonyl (C=O) groups excluding carboxylic acids is 2. The van der Waals surface area contributed by atoms with Crippen molar-refractivity contribution in [3.05, 3.63) is 47.2 Å². The normalized spacial score (nSPS) is 18.8. The molecule has 0 aliphatic carbocycles. The number of hydrogen-bond acceptors (Lipinski definition) is 6. The van der Waals surface area contributed by atoms with E-state index in [0.29, 0.717) is 37.7 Å². The number of piperidine rings is 1. The summed E-state index contributed by atoms with van der Waals surface area (Å²) in [6.45, 7) is 3.22. The largest absolute Gasteiger partial charge is 0.371 e. The van der Waals surface area contributed by atoms with Gasteiger partial charge in [-0.2, -0.15) is 0 Å². The molecule has 1 aromatic carbocycles. The average molecular weight is 426 g/mol. The summed E-state index contributed by atoms with van der Waals surface area (Å²) in [5.41, 5.74) is 3.16. The first-order chi connectivity index (χ1) is 14.6. The van der Waals surface area contributed by atoms with Crippen molar-refractivity contribution in [3.8, 4) is 0 Å². The number of benzene rings is 1. The minimum Gasteiger partial charge on any atom is -0.371 e. The zero-order chi connectivity index (χ0) is 20.6. The molecule has 0 saturated carbocycles. The average Bonchev–Trinajstić information content (AvgIpc) is 3.45. The molecule has 0 N–H and O–H groups in total. The maximum absolute atomic E-state index is 13.0. The van der Waals surface area contributed by atoms with E-state index in [0.717, 1.165) is 23.9 Å². The number of aromatic nitrogens is 3. The van der Waals surface area contributed by atoms with Gasteiger partial charge in [-0.25, -0.2) is 4.98 Å². The first kappa shape index (κ1) is 19.2. The predicted molar refractivity (Wildman–Crippen MR) is 112 cm³/mol. The van der Waals surface area contributed by atoms with Gasteiger partial charge in [-0.1, -0.05) is 12.1 Å². The van der Waals surface area contributed by atoms with Gasteiger partial charge in [-0.15, -0.1) is 11.3 Å². The van der Waals surface area contributed by atoms with E-state index in [1.165, 1.54) is 11.3 Å². The Morgan fingerprint density at radius 2 is 1.97 bits per heavy atom. The van der Waals surface area contributed by atoms with Crippen molar-refractivity contribution in [2.45, 2.75) is 25.0 Å². The molecule has 2 amide bonds. The lowest BCUT2D eigenvalue weighted by atomic mass is 9.89. The number of morpholine rings is 1. The van der Waals surface area contributed by atoms with Gasteiger partial charge in [0.25, 0.3) is 5.91 Å². The molecule has 2 aliphatic rings. The van der Waals surface area contributed by atoms with Crippen LogP contribution in [0.4, 0.5) is 0 Å². The van der Waals surface area contributed by atoms with Gasteiger partial charge in [0.15, 0.2) is 0 Å². The van der Waals surface area contributed by atoms with Gasteiger partial charge >= 0.3 is 0 Å². The van der Waals surface area contributed by atoms with Gasteiger partial charge in [0.2, 0.25) is 5.91 Å². The standard InChI is InChI=1S/C21H23N5O3S/c27-19(12-26-14-23-16-3-1-2-4-17(16)26)25-9-10-29-21(13-25)5-7-24(8-6-21)20(28)18-11-22-15-30-18/h1-4,11,14-15H,5-10,12-13H2. The first-order valence-corrected chi connectivity index (χ1v) is 11.0. The number of ether oxygens (including phenoxy) is 1. The van der Waals surface area contributed by atoms with Crippen LogP contribution in [0.2, 0.25) is 0 Å². The van der Waals surface area contributed by atoms with Crippen molar-refractivity contribution in [2.24, 2.45) is 0 Å². The Morgan fingerprint density at radius 1 is 1.13 bits per heavy atom. The fraction of sp³-hybridized carbons (Fsp3) is 0.429. The lowest BCUT2D eigenvalue weighted by Crippen LogP contribution is -2.58. The molecule has 8 nitrogen and oxygen atoms in total. The van der Waals surface area contributed by atoms with Crippen LogP contribution in [0.15, 0.2) is 42.3 Å². The van der Waals surface area contributed by atoms with Gasteiger partial charge in [-0.05, 0) is 25.0 Å². The van der Waals surface area contributed by atoms with E-state index < -0.39 is 0 Å². The minimum atomic E-state index is -0.366. The molecule has 2 fully saturated rings. The Bertz CT molecular complexity index is 1060. The number of thiazole rings is 1. The highest BCUT2D eigenvalue weighted by Gasteiger charge is 2.42. The van der Waals surface area contributed by atoms with Crippen molar-refractivity contribution < 1.29 is 14.3 Å². The Morgan fingerprint density at radius 3 is 2.77 bits per heavy atom. The number of nitrogens with zero attached hydrogens (tertiary/aromatic N) is 5. The Kier molecular flexibility index (Phi) is 5.00. The summed E-state index contributed by atoms with van der Waals surface area (Å²) >= 11 is 1.36. The number of para-hydroxylation sites is 2. The predicted octanol–water partition coefficient (Wildman–Crippen LogP) is 2.03. The number of likely N-dealkylation sites (tertiary alicyclic amines) is 1. The molecular formula is C21H23N5O3S. The van der Waals surface area contributed by atoms with Crippen LogP contribution in [-0.4, -0.2) is 74.5 Å². The molecule has 4 heterocycles. The van der Waals surface area contributed by atoms with Gasteiger partial charge < -0.3 is 19.1 Å². The molecule has 0 unspecified atom stereocenters. The minimum absolute atomic E-state index is 0.0306. The summed E-state index contributed by atoms with van der Waals surface area (Å²) in [5, 5.41) is 0. The lowest BCUT2D eigenvalue weighted by molar-refractivity contribution is -0.158. The summed E-state index contributed by atoms with van der Waals surface area (Å²) < 4.78 is 8.05. The molecular weight excluding hydrogens is 402 g/mol. The van der Waals surface area contributed by atoms with E-state index in [-0.39, 0.29) is 24.0 Å². The van der Waals surface area contributed by atoms with Gasteiger partial charge in [0.05, 0.1) is 41.3 Å². The molecule has 156 valence electrons. The zero-order valence-electron chi connectivity index (χ0n) is 16.6. The van der Waals surface area contributed by atoms with E-state index in [9.17, 15) is 9.59 Å². The van der Waals surface area contributed by atoms with E-state index in [1.807, 2.05) is 38.6 Å². The second kappa shape index (κ2) is 7.81. The van der Waals surface area contributed by atoms with Crippen molar-refractivity contribution in [2.75, 3.05) is 32.8 Å². The van der Waals surface area contributed by atoms with Crippen LogP contribution in [0, 0.1) is 0 Å². The number of rotatable bonds is 3. The highest BCUT2D eigenvalue weighted by atomic mass is 32.1. The van der Waals surface area contributed by atoms with Crippen LogP contribution in [0.25, 0.3) is 11.0 Å². The molecule has 9 heteroatoms. The third-order valence-corrected chi connectivity index (χ3v) is 6.80.